The highest BCUT2D eigenvalue weighted by Crippen LogP contribution is 2.37. The minimum atomic E-state index is -0.694. The molecule has 0 spiro atoms. The summed E-state index contributed by atoms with van der Waals surface area (Å²) >= 11 is 0. The summed E-state index contributed by atoms with van der Waals surface area (Å²) in [6, 6.07) is 11.2. The lowest BCUT2D eigenvalue weighted by Gasteiger charge is -2.36. The zero-order valence-electron chi connectivity index (χ0n) is 15.8. The van der Waals surface area contributed by atoms with E-state index in [9.17, 15) is 4.79 Å². The van der Waals surface area contributed by atoms with Gasteiger partial charge in [-0.05, 0) is 30.0 Å². The van der Waals surface area contributed by atoms with Crippen molar-refractivity contribution in [2.45, 2.75) is 18.3 Å². The maximum Gasteiger partial charge on any atom is 0.236 e. The van der Waals surface area contributed by atoms with Gasteiger partial charge in [0.25, 0.3) is 0 Å². The first-order valence-electron chi connectivity index (χ1n) is 9.36. The molecule has 0 saturated carbocycles. The SMILES string of the molecule is Nc1ccnc(NC(=O)C2(c3ccc(-c4cnc(N)nc4)cc3)CCOCC2)c1. The third-order valence-corrected chi connectivity index (χ3v) is 5.25. The molecule has 1 amide bonds. The van der Waals surface area contributed by atoms with Gasteiger partial charge in [-0.25, -0.2) is 15.0 Å². The highest BCUT2D eigenvalue weighted by molar-refractivity contribution is 5.99. The summed E-state index contributed by atoms with van der Waals surface area (Å²) in [6.07, 6.45) is 6.11. The van der Waals surface area contributed by atoms with E-state index in [0.29, 0.717) is 37.6 Å². The van der Waals surface area contributed by atoms with Crippen LogP contribution in [0.5, 0.6) is 0 Å². The molecule has 0 unspecified atom stereocenters. The van der Waals surface area contributed by atoms with Crippen LogP contribution < -0.4 is 16.8 Å². The highest BCUT2D eigenvalue weighted by atomic mass is 16.5. The lowest BCUT2D eigenvalue weighted by molar-refractivity contribution is -0.125. The van der Waals surface area contributed by atoms with Crippen LogP contribution in [0.25, 0.3) is 11.1 Å². The number of nitrogens with two attached hydrogens (primary N) is 2. The van der Waals surface area contributed by atoms with Crippen molar-refractivity contribution in [3.8, 4) is 11.1 Å². The van der Waals surface area contributed by atoms with Crippen molar-refractivity contribution in [1.29, 1.82) is 0 Å². The Morgan fingerprint density at radius 1 is 0.966 bits per heavy atom. The molecule has 1 aliphatic heterocycles. The zero-order valence-corrected chi connectivity index (χ0v) is 15.8. The van der Waals surface area contributed by atoms with E-state index in [-0.39, 0.29) is 11.9 Å². The molecule has 0 radical (unpaired) electrons. The zero-order chi connectivity index (χ0) is 20.3. The number of ether oxygens (including phenoxy) is 1. The van der Waals surface area contributed by atoms with Gasteiger partial charge in [-0.2, -0.15) is 0 Å². The van der Waals surface area contributed by atoms with E-state index in [0.717, 1.165) is 16.7 Å². The monoisotopic (exact) mass is 390 g/mol. The average molecular weight is 390 g/mol. The lowest BCUT2D eigenvalue weighted by atomic mass is 9.73. The minimum Gasteiger partial charge on any atom is -0.399 e. The van der Waals surface area contributed by atoms with Crippen LogP contribution in [0.1, 0.15) is 18.4 Å². The number of nitrogens with one attached hydrogen (secondary N) is 1. The standard InChI is InChI=1S/C21H22N6O2/c22-17-5-8-24-18(11-17)27-19(28)21(6-9-29-10-7-21)16-3-1-14(2-4-16)15-12-25-20(23)26-13-15/h1-5,8,11-13H,6-7,9-10H2,(H2,23,25,26)(H3,22,24,27,28). The molecule has 148 valence electrons. The third kappa shape index (κ3) is 3.88. The van der Waals surface area contributed by atoms with Crippen molar-refractivity contribution in [2.75, 3.05) is 30.0 Å². The first-order valence-corrected chi connectivity index (χ1v) is 9.36. The van der Waals surface area contributed by atoms with E-state index < -0.39 is 5.41 Å². The molecule has 29 heavy (non-hydrogen) atoms. The molecular weight excluding hydrogens is 368 g/mol. The molecule has 0 bridgehead atoms. The Kier molecular flexibility index (Phi) is 5.09. The number of anilines is 3. The number of hydrogen-bond acceptors (Lipinski definition) is 7. The van der Waals surface area contributed by atoms with Gasteiger partial charge < -0.3 is 21.5 Å². The number of carbonyl (C=O) groups is 1. The maximum atomic E-state index is 13.3. The second-order valence-electron chi connectivity index (χ2n) is 7.03. The summed E-state index contributed by atoms with van der Waals surface area (Å²) in [5.74, 6) is 0.567. The predicted molar refractivity (Wildman–Crippen MR) is 111 cm³/mol. The van der Waals surface area contributed by atoms with Crippen molar-refractivity contribution in [3.63, 3.8) is 0 Å². The van der Waals surface area contributed by atoms with Gasteiger partial charge >= 0.3 is 0 Å². The molecule has 8 nitrogen and oxygen atoms in total. The molecule has 8 heteroatoms. The number of carbonyl (C=O) groups excluding carboxylic acids is 1. The van der Waals surface area contributed by atoms with Gasteiger partial charge in [0.05, 0.1) is 5.41 Å². The normalized spacial score (nSPS) is 15.6. The Balaban J connectivity index is 1.63. The molecular formula is C21H22N6O2. The van der Waals surface area contributed by atoms with E-state index in [2.05, 4.69) is 20.3 Å². The Labute approximate surface area is 168 Å². The van der Waals surface area contributed by atoms with Crippen LogP contribution in [0.3, 0.4) is 0 Å². The molecule has 0 aliphatic carbocycles. The molecule has 1 aliphatic rings. The van der Waals surface area contributed by atoms with Gasteiger partial charge in [0.1, 0.15) is 5.82 Å². The average Bonchev–Trinajstić information content (AvgIpc) is 2.75. The fraction of sp³-hybridized carbons (Fsp3) is 0.238. The van der Waals surface area contributed by atoms with Gasteiger partial charge in [-0.3, -0.25) is 4.79 Å². The number of nitrogen functional groups attached to an aromatic ring is 2. The van der Waals surface area contributed by atoms with E-state index in [1.807, 2.05) is 24.3 Å². The number of nitrogens with zero attached hydrogens (tertiary/aromatic N) is 3. The van der Waals surface area contributed by atoms with Gasteiger partial charge in [0, 0.05) is 49.1 Å². The lowest BCUT2D eigenvalue weighted by Crippen LogP contribution is -2.45. The molecule has 2 aromatic heterocycles. The van der Waals surface area contributed by atoms with Crippen LogP contribution in [0.15, 0.2) is 55.0 Å². The Hall–Kier alpha value is -3.52. The quantitative estimate of drug-likeness (QED) is 0.624. The molecule has 3 heterocycles. The van der Waals surface area contributed by atoms with E-state index in [1.54, 1.807) is 30.7 Å². The molecule has 1 saturated heterocycles. The summed E-state index contributed by atoms with van der Waals surface area (Å²) in [7, 11) is 0. The summed E-state index contributed by atoms with van der Waals surface area (Å²) in [5.41, 5.74) is 14.0. The van der Waals surface area contributed by atoms with Crippen LogP contribution in [-0.2, 0) is 14.9 Å². The van der Waals surface area contributed by atoms with E-state index in [4.69, 9.17) is 16.2 Å². The van der Waals surface area contributed by atoms with Crippen molar-refractivity contribution >= 4 is 23.4 Å². The summed E-state index contributed by atoms with van der Waals surface area (Å²) in [4.78, 5) is 25.6. The van der Waals surface area contributed by atoms with Crippen molar-refractivity contribution in [3.05, 3.63) is 60.6 Å². The maximum absolute atomic E-state index is 13.3. The van der Waals surface area contributed by atoms with Gasteiger partial charge in [0.2, 0.25) is 11.9 Å². The van der Waals surface area contributed by atoms with Gasteiger partial charge in [0.15, 0.2) is 0 Å². The Bertz CT molecular complexity index is 998. The van der Waals surface area contributed by atoms with E-state index in [1.165, 1.54) is 0 Å². The minimum absolute atomic E-state index is 0.109. The number of benzene rings is 1. The first-order chi connectivity index (χ1) is 14.1. The van der Waals surface area contributed by atoms with E-state index >= 15 is 0 Å². The second kappa shape index (κ2) is 7.84. The fourth-order valence-electron chi connectivity index (χ4n) is 3.59. The van der Waals surface area contributed by atoms with Crippen LogP contribution in [-0.4, -0.2) is 34.1 Å². The number of rotatable bonds is 4. The summed E-state index contributed by atoms with van der Waals surface area (Å²) in [5, 5.41) is 2.92. The molecule has 3 aromatic rings. The van der Waals surface area contributed by atoms with Crippen molar-refractivity contribution < 1.29 is 9.53 Å². The summed E-state index contributed by atoms with van der Waals surface area (Å²) < 4.78 is 5.53. The molecule has 5 N–H and O–H groups in total. The van der Waals surface area contributed by atoms with Gasteiger partial charge in [-0.1, -0.05) is 24.3 Å². The molecule has 1 aromatic carbocycles. The summed E-state index contributed by atoms with van der Waals surface area (Å²) in [6.45, 7) is 1.04. The van der Waals surface area contributed by atoms with Gasteiger partial charge in [-0.15, -0.1) is 0 Å². The largest absolute Gasteiger partial charge is 0.399 e. The third-order valence-electron chi connectivity index (χ3n) is 5.25. The number of hydrogen-bond donors (Lipinski definition) is 3. The van der Waals surface area contributed by atoms with Crippen LogP contribution in [0.2, 0.25) is 0 Å². The van der Waals surface area contributed by atoms with Crippen molar-refractivity contribution in [2.24, 2.45) is 0 Å². The molecule has 1 fully saturated rings. The first kappa shape index (κ1) is 18.8. The Morgan fingerprint density at radius 3 is 2.31 bits per heavy atom. The topological polar surface area (TPSA) is 129 Å². The van der Waals surface area contributed by atoms with Crippen LogP contribution in [0, 0.1) is 0 Å². The fourth-order valence-corrected chi connectivity index (χ4v) is 3.59. The number of amides is 1. The predicted octanol–water partition coefficient (Wildman–Crippen LogP) is 2.39. The number of pyridine rings is 1. The smallest absolute Gasteiger partial charge is 0.236 e. The van der Waals surface area contributed by atoms with Crippen LogP contribution >= 0.6 is 0 Å². The molecule has 0 atom stereocenters. The van der Waals surface area contributed by atoms with Crippen LogP contribution in [0.4, 0.5) is 17.5 Å². The number of aromatic nitrogens is 3. The second-order valence-corrected chi connectivity index (χ2v) is 7.03. The Morgan fingerprint density at radius 2 is 1.66 bits per heavy atom. The molecule has 4 rings (SSSR count). The highest BCUT2D eigenvalue weighted by Gasteiger charge is 2.41. The van der Waals surface area contributed by atoms with Crippen molar-refractivity contribution in [1.82, 2.24) is 15.0 Å².